The van der Waals surface area contributed by atoms with Gasteiger partial charge in [0.2, 0.25) is 0 Å². The second-order valence-electron chi connectivity index (χ2n) is 3.40. The zero-order valence-corrected chi connectivity index (χ0v) is 14.3. The monoisotopic (exact) mass is 334 g/mol. The van der Waals surface area contributed by atoms with Crippen molar-refractivity contribution in [1.29, 1.82) is 0 Å². The molecule has 0 aromatic carbocycles. The number of hydrogen-bond acceptors (Lipinski definition) is 0. The molecule has 74 valence electrons. The molecule has 0 aromatic heterocycles. The summed E-state index contributed by atoms with van der Waals surface area (Å²) in [4.78, 5) is 0. The predicted molar refractivity (Wildman–Crippen MR) is 65.1 cm³/mol. The van der Waals surface area contributed by atoms with E-state index in [0.717, 1.165) is 5.25 Å². The Morgan fingerprint density at radius 2 is 1.08 bits per heavy atom. The van der Waals surface area contributed by atoms with E-state index in [-0.39, 0.29) is 0 Å². The molecule has 0 saturated carbocycles. The third-order valence-corrected chi connectivity index (χ3v) is 73.6. The van der Waals surface area contributed by atoms with Crippen molar-refractivity contribution in [2.75, 3.05) is 0 Å². The van der Waals surface area contributed by atoms with Crippen LogP contribution in [0.25, 0.3) is 0 Å². The van der Waals surface area contributed by atoms with Crippen molar-refractivity contribution in [1.82, 2.24) is 0 Å². The van der Waals surface area contributed by atoms with Gasteiger partial charge in [-0.3, -0.25) is 0 Å². The molecular formula is C8H20Cl2Ge2. The number of hydrogen-bond donors (Lipinski definition) is 0. The van der Waals surface area contributed by atoms with Crippen LogP contribution >= 0.6 is 20.0 Å². The van der Waals surface area contributed by atoms with Crippen LogP contribution < -0.4 is 0 Å². The van der Waals surface area contributed by atoms with Gasteiger partial charge in [-0.1, -0.05) is 0 Å². The summed E-state index contributed by atoms with van der Waals surface area (Å²) in [7, 11) is 10.8. The average molecular weight is 332 g/mol. The first-order valence-corrected chi connectivity index (χ1v) is 22.8. The molecule has 0 unspecified atom stereocenters. The third-order valence-electron chi connectivity index (χ3n) is 3.25. The van der Waals surface area contributed by atoms with Gasteiger partial charge >= 0.3 is 89.5 Å². The summed E-state index contributed by atoms with van der Waals surface area (Å²) < 4.78 is 0. The molecule has 0 aliphatic rings. The van der Waals surface area contributed by atoms with Crippen LogP contribution in [-0.2, 0) is 0 Å². The standard InChI is InChI=1S/C8H20Cl2Ge2/c1-5-11(6-2,7-3)12(9,10)8-4/h5-8H2,1-4H3. The van der Waals surface area contributed by atoms with Crippen molar-refractivity contribution < 1.29 is 0 Å². The van der Waals surface area contributed by atoms with Crippen LogP contribution in [0.1, 0.15) is 27.7 Å². The summed E-state index contributed by atoms with van der Waals surface area (Å²) in [5.41, 5.74) is 0. The fourth-order valence-electron chi connectivity index (χ4n) is 1.90. The van der Waals surface area contributed by atoms with Crippen LogP contribution in [0.4, 0.5) is 0 Å². The molecule has 4 heteroatoms. The maximum atomic E-state index is 6.58. The van der Waals surface area contributed by atoms with Gasteiger partial charge in [0.1, 0.15) is 0 Å². The van der Waals surface area contributed by atoms with E-state index in [2.05, 4.69) is 27.7 Å². The average Bonchev–Trinajstić information content (AvgIpc) is 2.08. The number of halogens is 2. The SMILES string of the molecule is C[CH2][Ge]([Cl])([Cl])[Ge]([CH2]C)([CH2]C)[CH2]C. The molecule has 0 heterocycles. The topological polar surface area (TPSA) is 0 Å². The van der Waals surface area contributed by atoms with Gasteiger partial charge < -0.3 is 0 Å². The molecule has 0 atom stereocenters. The Morgan fingerprint density at radius 3 is 1.17 bits per heavy atom. The first-order valence-electron chi connectivity index (χ1n) is 4.87. The van der Waals surface area contributed by atoms with Gasteiger partial charge in [0.25, 0.3) is 0 Å². The molecule has 0 spiro atoms. The van der Waals surface area contributed by atoms with Gasteiger partial charge in [-0.2, -0.15) is 0 Å². The summed E-state index contributed by atoms with van der Waals surface area (Å²) in [5, 5.41) is 5.08. The second-order valence-corrected chi connectivity index (χ2v) is 53.2. The van der Waals surface area contributed by atoms with E-state index in [9.17, 15) is 0 Å². The van der Waals surface area contributed by atoms with Crippen LogP contribution in [0.3, 0.4) is 0 Å². The molecule has 0 fully saturated rings. The quantitative estimate of drug-likeness (QED) is 0.650. The van der Waals surface area contributed by atoms with E-state index in [1.165, 1.54) is 15.8 Å². The van der Waals surface area contributed by atoms with Gasteiger partial charge in [0, 0.05) is 0 Å². The van der Waals surface area contributed by atoms with Crippen LogP contribution in [0.2, 0.25) is 21.0 Å². The zero-order valence-electron chi connectivity index (χ0n) is 8.58. The summed E-state index contributed by atoms with van der Waals surface area (Å²) in [5.74, 6) is 0. The molecule has 0 bridgehead atoms. The Hall–Kier alpha value is 1.67. The van der Waals surface area contributed by atoms with Crippen molar-refractivity contribution in [2.24, 2.45) is 0 Å². The first-order chi connectivity index (χ1) is 5.49. The van der Waals surface area contributed by atoms with Crippen LogP contribution in [-0.4, -0.2) is 20.7 Å². The first kappa shape index (κ1) is 13.7. The van der Waals surface area contributed by atoms with E-state index in [1.54, 1.807) is 0 Å². The van der Waals surface area contributed by atoms with E-state index in [4.69, 9.17) is 20.0 Å². The van der Waals surface area contributed by atoms with Crippen molar-refractivity contribution >= 4 is 40.8 Å². The van der Waals surface area contributed by atoms with Gasteiger partial charge in [-0.15, -0.1) is 0 Å². The molecule has 0 rings (SSSR count). The Kier molecular flexibility index (Phi) is 6.29. The molecule has 12 heavy (non-hydrogen) atoms. The molecule has 0 radical (unpaired) electrons. The van der Waals surface area contributed by atoms with Gasteiger partial charge in [0.05, 0.1) is 0 Å². The molecule has 0 aliphatic heterocycles. The summed E-state index contributed by atoms with van der Waals surface area (Å²) >= 11 is -1.76. The summed E-state index contributed by atoms with van der Waals surface area (Å²) in [6, 6.07) is 0. The van der Waals surface area contributed by atoms with Crippen molar-refractivity contribution in [3.63, 3.8) is 0 Å². The zero-order chi connectivity index (χ0) is 9.83. The van der Waals surface area contributed by atoms with Gasteiger partial charge in [0.15, 0.2) is 0 Å². The number of rotatable bonds is 5. The Bertz CT molecular complexity index is 125. The van der Waals surface area contributed by atoms with E-state index in [1.807, 2.05) is 0 Å². The normalized spacial score (nSPS) is 13.5. The third kappa shape index (κ3) is 2.58. The van der Waals surface area contributed by atoms with Crippen molar-refractivity contribution in [2.45, 2.75) is 48.7 Å². The van der Waals surface area contributed by atoms with Crippen LogP contribution in [0.15, 0.2) is 0 Å². The summed E-state index contributed by atoms with van der Waals surface area (Å²) in [6.07, 6.45) is 0. The fourth-order valence-corrected chi connectivity index (χ4v) is 56.6. The molecular weight excluding hydrogens is 312 g/mol. The molecule has 0 nitrogen and oxygen atoms in total. The molecule has 0 aliphatic carbocycles. The predicted octanol–water partition coefficient (Wildman–Crippen LogP) is 4.51. The van der Waals surface area contributed by atoms with Gasteiger partial charge in [-0.25, -0.2) is 0 Å². The molecule has 0 amide bonds. The molecule has 0 saturated heterocycles. The molecule has 0 N–H and O–H groups in total. The Morgan fingerprint density at radius 1 is 0.750 bits per heavy atom. The minimum absolute atomic E-state index is 1.10. The Balaban J connectivity index is 4.69. The van der Waals surface area contributed by atoms with E-state index < -0.39 is 20.7 Å². The van der Waals surface area contributed by atoms with Crippen molar-refractivity contribution in [3.05, 3.63) is 0 Å². The molecule has 0 aromatic rings. The Labute approximate surface area is 88.9 Å². The van der Waals surface area contributed by atoms with Crippen LogP contribution in [0, 0.1) is 0 Å². The van der Waals surface area contributed by atoms with E-state index in [0.29, 0.717) is 0 Å². The fraction of sp³-hybridized carbons (Fsp3) is 1.00. The van der Waals surface area contributed by atoms with Gasteiger partial charge in [-0.05, 0) is 0 Å². The van der Waals surface area contributed by atoms with Crippen molar-refractivity contribution in [3.8, 4) is 0 Å². The minimum atomic E-state index is -2.34. The van der Waals surface area contributed by atoms with Crippen LogP contribution in [0.5, 0.6) is 0 Å². The summed E-state index contributed by atoms with van der Waals surface area (Å²) in [6.45, 7) is 9.08. The van der Waals surface area contributed by atoms with E-state index >= 15 is 0 Å². The second kappa shape index (κ2) is 5.52. The maximum absolute atomic E-state index is 6.58.